The largest absolute Gasteiger partial charge is 0.371 e. The van der Waals surface area contributed by atoms with E-state index < -0.39 is 0 Å². The summed E-state index contributed by atoms with van der Waals surface area (Å²) in [4.78, 5) is 20.4. The number of hydrogen-bond donors (Lipinski definition) is 1. The second kappa shape index (κ2) is 11.0. The van der Waals surface area contributed by atoms with Crippen molar-refractivity contribution in [2.24, 2.45) is 0 Å². The topological polar surface area (TPSA) is 38.8 Å². The summed E-state index contributed by atoms with van der Waals surface area (Å²) in [6.07, 6.45) is 2.39. The average molecular weight is 469 g/mol. The number of nitrogens with one attached hydrogen (secondary N) is 1. The van der Waals surface area contributed by atoms with Crippen molar-refractivity contribution in [2.75, 3.05) is 49.1 Å². The first kappa shape index (κ1) is 23.4. The van der Waals surface area contributed by atoms with Crippen molar-refractivity contribution >= 4 is 17.3 Å². The molecule has 0 radical (unpaired) electrons. The van der Waals surface area contributed by atoms with E-state index in [1.807, 2.05) is 49.4 Å². The van der Waals surface area contributed by atoms with Gasteiger partial charge in [0.25, 0.3) is 5.91 Å². The number of benzene rings is 3. The van der Waals surface area contributed by atoms with Gasteiger partial charge < -0.3 is 15.1 Å². The smallest absolute Gasteiger partial charge is 0.251 e. The number of carbonyl (C=O) groups excluding carboxylic acids is 1. The molecule has 0 aliphatic carbocycles. The van der Waals surface area contributed by atoms with Gasteiger partial charge in [0, 0.05) is 62.2 Å². The van der Waals surface area contributed by atoms with Gasteiger partial charge in [-0.15, -0.1) is 0 Å². The molecule has 5 rings (SSSR count). The second-order valence-corrected chi connectivity index (χ2v) is 9.73. The molecule has 5 nitrogen and oxygen atoms in total. The zero-order valence-electron chi connectivity index (χ0n) is 20.6. The molecule has 3 aromatic carbocycles. The number of para-hydroxylation sites is 1. The van der Waals surface area contributed by atoms with Crippen LogP contribution in [0.5, 0.6) is 0 Å². The van der Waals surface area contributed by atoms with Crippen LogP contribution in [0.4, 0.5) is 11.4 Å². The molecule has 1 amide bonds. The van der Waals surface area contributed by atoms with Gasteiger partial charge in [0.1, 0.15) is 0 Å². The Labute approximate surface area is 209 Å². The second-order valence-electron chi connectivity index (χ2n) is 9.73. The van der Waals surface area contributed by atoms with E-state index >= 15 is 0 Å². The lowest BCUT2D eigenvalue weighted by atomic mass is 10.0. The van der Waals surface area contributed by atoms with Gasteiger partial charge in [0.2, 0.25) is 0 Å². The first-order valence-electron chi connectivity index (χ1n) is 12.9. The quantitative estimate of drug-likeness (QED) is 0.555. The normalized spacial score (nSPS) is 18.3. The molecule has 35 heavy (non-hydrogen) atoms. The Kier molecular flexibility index (Phi) is 7.34. The van der Waals surface area contributed by atoms with Crippen LogP contribution >= 0.6 is 0 Å². The molecule has 2 heterocycles. The lowest BCUT2D eigenvalue weighted by Gasteiger charge is -2.43. The van der Waals surface area contributed by atoms with Gasteiger partial charge in [0.15, 0.2) is 0 Å². The Morgan fingerprint density at radius 1 is 0.714 bits per heavy atom. The van der Waals surface area contributed by atoms with Crippen LogP contribution in [0.15, 0.2) is 84.9 Å². The van der Waals surface area contributed by atoms with E-state index in [2.05, 4.69) is 62.5 Å². The number of piperazine rings is 1. The highest BCUT2D eigenvalue weighted by Gasteiger charge is 2.27. The van der Waals surface area contributed by atoms with E-state index in [1.165, 1.54) is 24.2 Å². The molecular formula is C30H36N4O. The van der Waals surface area contributed by atoms with Crippen LogP contribution in [0, 0.1) is 0 Å². The minimum Gasteiger partial charge on any atom is -0.371 e. The number of piperidine rings is 1. The van der Waals surface area contributed by atoms with Crippen LogP contribution in [0.3, 0.4) is 0 Å². The van der Waals surface area contributed by atoms with E-state index in [0.717, 1.165) is 44.8 Å². The summed E-state index contributed by atoms with van der Waals surface area (Å²) in [7, 11) is 0. The minimum absolute atomic E-state index is 0.0167. The predicted molar refractivity (Wildman–Crippen MR) is 144 cm³/mol. The number of anilines is 2. The SMILES string of the molecule is CC(NC(=O)c1ccc(N2CCC(N3CCN(c4ccccc4)CC3)CC2)cc1)c1ccccc1. The molecule has 2 fully saturated rings. The maximum atomic E-state index is 12.7. The summed E-state index contributed by atoms with van der Waals surface area (Å²) in [5, 5.41) is 3.11. The molecule has 2 aliphatic heterocycles. The zero-order chi connectivity index (χ0) is 24.0. The van der Waals surface area contributed by atoms with E-state index in [4.69, 9.17) is 0 Å². The molecule has 1 atom stereocenters. The molecule has 182 valence electrons. The average Bonchev–Trinajstić information content (AvgIpc) is 2.94. The van der Waals surface area contributed by atoms with Crippen molar-refractivity contribution in [3.63, 3.8) is 0 Å². The number of hydrogen-bond acceptors (Lipinski definition) is 4. The maximum Gasteiger partial charge on any atom is 0.251 e. The molecule has 0 aromatic heterocycles. The Hall–Kier alpha value is -3.31. The van der Waals surface area contributed by atoms with Crippen molar-refractivity contribution in [3.05, 3.63) is 96.1 Å². The van der Waals surface area contributed by atoms with Gasteiger partial charge in [-0.25, -0.2) is 0 Å². The van der Waals surface area contributed by atoms with Gasteiger partial charge in [0.05, 0.1) is 6.04 Å². The highest BCUT2D eigenvalue weighted by Crippen LogP contribution is 2.25. The summed E-state index contributed by atoms with van der Waals surface area (Å²) < 4.78 is 0. The summed E-state index contributed by atoms with van der Waals surface area (Å²) in [5.74, 6) is -0.0266. The van der Waals surface area contributed by atoms with Crippen molar-refractivity contribution in [1.82, 2.24) is 10.2 Å². The Balaban J connectivity index is 1.09. The fraction of sp³-hybridized carbons (Fsp3) is 0.367. The predicted octanol–water partition coefficient (Wildman–Crippen LogP) is 4.97. The van der Waals surface area contributed by atoms with E-state index in [1.54, 1.807) is 0 Å². The summed E-state index contributed by atoms with van der Waals surface area (Å²) in [6.45, 7) is 8.66. The summed E-state index contributed by atoms with van der Waals surface area (Å²) in [5.41, 5.74) is 4.38. The van der Waals surface area contributed by atoms with Crippen molar-refractivity contribution < 1.29 is 4.79 Å². The number of carbonyl (C=O) groups is 1. The Morgan fingerprint density at radius 2 is 1.26 bits per heavy atom. The van der Waals surface area contributed by atoms with Crippen LogP contribution in [-0.4, -0.2) is 56.1 Å². The number of rotatable bonds is 6. The molecule has 0 saturated carbocycles. The van der Waals surface area contributed by atoms with Crippen LogP contribution in [0.1, 0.15) is 41.7 Å². The third-order valence-electron chi connectivity index (χ3n) is 7.56. The molecular weight excluding hydrogens is 432 g/mol. The number of nitrogens with zero attached hydrogens (tertiary/aromatic N) is 3. The zero-order valence-corrected chi connectivity index (χ0v) is 20.6. The van der Waals surface area contributed by atoms with E-state index in [9.17, 15) is 4.79 Å². The highest BCUT2D eigenvalue weighted by molar-refractivity contribution is 5.94. The molecule has 0 spiro atoms. The van der Waals surface area contributed by atoms with Gasteiger partial charge >= 0.3 is 0 Å². The van der Waals surface area contributed by atoms with Crippen LogP contribution in [0.25, 0.3) is 0 Å². The molecule has 0 bridgehead atoms. The molecule has 5 heteroatoms. The van der Waals surface area contributed by atoms with E-state index in [0.29, 0.717) is 11.6 Å². The first-order chi connectivity index (χ1) is 17.2. The van der Waals surface area contributed by atoms with Crippen LogP contribution in [0.2, 0.25) is 0 Å². The summed E-state index contributed by atoms with van der Waals surface area (Å²) in [6, 6.07) is 29.6. The third kappa shape index (κ3) is 5.68. The van der Waals surface area contributed by atoms with Gasteiger partial charge in [-0.05, 0) is 61.7 Å². The fourth-order valence-corrected chi connectivity index (χ4v) is 5.40. The van der Waals surface area contributed by atoms with Gasteiger partial charge in [-0.2, -0.15) is 0 Å². The highest BCUT2D eigenvalue weighted by atomic mass is 16.1. The Bertz CT molecular complexity index is 1070. The molecule has 3 aromatic rings. The standard InChI is InChI=1S/C30H36N4O/c1-24(25-8-4-2-5-9-25)31-30(35)26-12-14-28(15-13-26)32-18-16-29(17-19-32)34-22-20-33(21-23-34)27-10-6-3-7-11-27/h2-15,24,29H,16-23H2,1H3,(H,31,35). The minimum atomic E-state index is -0.0266. The van der Waals surface area contributed by atoms with Crippen LogP contribution < -0.4 is 15.1 Å². The molecule has 2 saturated heterocycles. The lowest BCUT2D eigenvalue weighted by molar-refractivity contribution is 0.0940. The Morgan fingerprint density at radius 3 is 1.89 bits per heavy atom. The van der Waals surface area contributed by atoms with Gasteiger partial charge in [-0.3, -0.25) is 9.69 Å². The summed E-state index contributed by atoms with van der Waals surface area (Å²) >= 11 is 0. The molecule has 1 unspecified atom stereocenters. The lowest BCUT2D eigenvalue weighted by Crippen LogP contribution is -2.53. The molecule has 1 N–H and O–H groups in total. The monoisotopic (exact) mass is 468 g/mol. The first-order valence-corrected chi connectivity index (χ1v) is 12.9. The molecule has 2 aliphatic rings. The fourth-order valence-electron chi connectivity index (χ4n) is 5.40. The third-order valence-corrected chi connectivity index (χ3v) is 7.56. The van der Waals surface area contributed by atoms with Gasteiger partial charge in [-0.1, -0.05) is 48.5 Å². The van der Waals surface area contributed by atoms with Crippen molar-refractivity contribution in [2.45, 2.75) is 31.8 Å². The maximum absolute atomic E-state index is 12.7. The van der Waals surface area contributed by atoms with Crippen molar-refractivity contribution in [1.29, 1.82) is 0 Å². The number of amides is 1. The van der Waals surface area contributed by atoms with E-state index in [-0.39, 0.29) is 11.9 Å². The van der Waals surface area contributed by atoms with Crippen LogP contribution in [-0.2, 0) is 0 Å². The van der Waals surface area contributed by atoms with Crippen molar-refractivity contribution in [3.8, 4) is 0 Å².